The zero-order valence-electron chi connectivity index (χ0n) is 14.0. The second-order valence-corrected chi connectivity index (χ2v) is 5.76. The summed E-state index contributed by atoms with van der Waals surface area (Å²) in [5.41, 5.74) is 6.57. The highest BCUT2D eigenvalue weighted by atomic mass is 16.5. The van der Waals surface area contributed by atoms with Gasteiger partial charge in [-0.25, -0.2) is 9.78 Å². The molecule has 1 aliphatic rings. The summed E-state index contributed by atoms with van der Waals surface area (Å²) in [5.74, 6) is 0.918. The molecule has 1 saturated heterocycles. The van der Waals surface area contributed by atoms with E-state index in [1.54, 1.807) is 19.4 Å². The van der Waals surface area contributed by atoms with Gasteiger partial charge in [-0.1, -0.05) is 30.3 Å². The number of hydrogen-bond acceptors (Lipinski definition) is 7. The molecule has 1 aliphatic heterocycles. The first-order chi connectivity index (χ1) is 12.2. The summed E-state index contributed by atoms with van der Waals surface area (Å²) in [4.78, 5) is 22.2. The molecule has 2 aromatic rings. The van der Waals surface area contributed by atoms with Crippen LogP contribution >= 0.6 is 0 Å². The van der Waals surface area contributed by atoms with Crippen molar-refractivity contribution in [2.75, 3.05) is 30.8 Å². The van der Waals surface area contributed by atoms with Crippen molar-refractivity contribution in [3.63, 3.8) is 0 Å². The lowest BCUT2D eigenvalue weighted by Crippen LogP contribution is -2.43. The van der Waals surface area contributed by atoms with E-state index in [-0.39, 0.29) is 24.7 Å². The second kappa shape index (κ2) is 7.80. The SMILES string of the molecule is COC1CN(c2ccnc(N)n2)CC1NC(=O)OCc1ccccc1. The molecule has 8 nitrogen and oxygen atoms in total. The van der Waals surface area contributed by atoms with E-state index in [1.807, 2.05) is 35.2 Å². The molecule has 2 heterocycles. The van der Waals surface area contributed by atoms with E-state index < -0.39 is 6.09 Å². The maximum Gasteiger partial charge on any atom is 0.407 e. The van der Waals surface area contributed by atoms with Gasteiger partial charge in [0.25, 0.3) is 0 Å². The highest BCUT2D eigenvalue weighted by Gasteiger charge is 2.35. The Hall–Kier alpha value is -2.87. The number of anilines is 2. The highest BCUT2D eigenvalue weighted by Crippen LogP contribution is 2.20. The summed E-state index contributed by atoms with van der Waals surface area (Å²) < 4.78 is 10.8. The fourth-order valence-corrected chi connectivity index (χ4v) is 2.79. The maximum absolute atomic E-state index is 12.1. The molecule has 0 aliphatic carbocycles. The number of carbonyl (C=O) groups is 1. The number of rotatable bonds is 5. The summed E-state index contributed by atoms with van der Waals surface area (Å²) in [5, 5.41) is 2.86. The lowest BCUT2D eigenvalue weighted by atomic mass is 10.2. The molecule has 1 fully saturated rings. The summed E-state index contributed by atoms with van der Waals surface area (Å²) >= 11 is 0. The quantitative estimate of drug-likeness (QED) is 0.840. The first kappa shape index (κ1) is 17.0. The van der Waals surface area contributed by atoms with Gasteiger partial charge in [0.05, 0.1) is 12.1 Å². The average Bonchev–Trinajstić information content (AvgIpc) is 3.04. The number of aromatic nitrogens is 2. The molecule has 1 amide bonds. The standard InChI is InChI=1S/C17H21N5O3/c1-24-14-10-22(15-7-8-19-16(18)21-15)9-13(14)20-17(23)25-11-12-5-3-2-4-6-12/h2-8,13-14H,9-11H2,1H3,(H,20,23)(H2,18,19,21). The van der Waals surface area contributed by atoms with Gasteiger partial charge < -0.3 is 25.4 Å². The predicted molar refractivity (Wildman–Crippen MR) is 93.0 cm³/mol. The summed E-state index contributed by atoms with van der Waals surface area (Å²) in [6.45, 7) is 1.37. The van der Waals surface area contributed by atoms with Crippen molar-refractivity contribution in [2.45, 2.75) is 18.8 Å². The van der Waals surface area contributed by atoms with E-state index in [2.05, 4.69) is 15.3 Å². The van der Waals surface area contributed by atoms with Crippen LogP contribution in [-0.2, 0) is 16.1 Å². The first-order valence-corrected chi connectivity index (χ1v) is 7.99. The molecule has 2 unspecified atom stereocenters. The topological polar surface area (TPSA) is 103 Å². The zero-order chi connectivity index (χ0) is 17.6. The molecule has 1 aromatic heterocycles. The van der Waals surface area contributed by atoms with Crippen LogP contribution < -0.4 is 16.0 Å². The third-order valence-electron chi connectivity index (χ3n) is 4.07. The molecule has 3 rings (SSSR count). The van der Waals surface area contributed by atoms with Gasteiger partial charge in [-0.2, -0.15) is 4.98 Å². The summed E-state index contributed by atoms with van der Waals surface area (Å²) in [7, 11) is 1.62. The fourth-order valence-electron chi connectivity index (χ4n) is 2.79. The lowest BCUT2D eigenvalue weighted by molar-refractivity contribution is 0.0867. The van der Waals surface area contributed by atoms with Gasteiger partial charge in [-0.3, -0.25) is 0 Å². The molecule has 0 spiro atoms. The van der Waals surface area contributed by atoms with Crippen molar-refractivity contribution in [3.05, 3.63) is 48.2 Å². The molecule has 1 aromatic carbocycles. The number of methoxy groups -OCH3 is 1. The molecule has 132 valence electrons. The van der Waals surface area contributed by atoms with E-state index in [0.29, 0.717) is 18.9 Å². The average molecular weight is 343 g/mol. The van der Waals surface area contributed by atoms with Crippen molar-refractivity contribution in [1.82, 2.24) is 15.3 Å². The van der Waals surface area contributed by atoms with Gasteiger partial charge in [-0.05, 0) is 11.6 Å². The Bertz CT molecular complexity index is 712. The number of nitrogens with one attached hydrogen (secondary N) is 1. The maximum atomic E-state index is 12.1. The summed E-state index contributed by atoms with van der Waals surface area (Å²) in [6.07, 6.45) is 0.967. The molecule has 0 bridgehead atoms. The third-order valence-corrected chi connectivity index (χ3v) is 4.07. The minimum absolute atomic E-state index is 0.166. The zero-order valence-corrected chi connectivity index (χ0v) is 14.0. The Balaban J connectivity index is 1.56. The van der Waals surface area contributed by atoms with E-state index in [1.165, 1.54) is 0 Å². The van der Waals surface area contributed by atoms with Crippen molar-refractivity contribution < 1.29 is 14.3 Å². The Kier molecular flexibility index (Phi) is 5.30. The number of carbonyl (C=O) groups excluding carboxylic acids is 1. The predicted octanol–water partition coefficient (Wildman–Crippen LogP) is 1.19. The molecular weight excluding hydrogens is 322 g/mol. The number of amides is 1. The molecular formula is C17H21N5O3. The number of hydrogen-bond donors (Lipinski definition) is 2. The van der Waals surface area contributed by atoms with Gasteiger partial charge in [0.2, 0.25) is 5.95 Å². The first-order valence-electron chi connectivity index (χ1n) is 7.99. The van der Waals surface area contributed by atoms with Crippen LogP contribution in [0.25, 0.3) is 0 Å². The second-order valence-electron chi connectivity index (χ2n) is 5.76. The lowest BCUT2D eigenvalue weighted by Gasteiger charge is -2.18. The van der Waals surface area contributed by atoms with E-state index in [0.717, 1.165) is 5.56 Å². The van der Waals surface area contributed by atoms with E-state index >= 15 is 0 Å². The van der Waals surface area contributed by atoms with Crippen LogP contribution in [0.1, 0.15) is 5.56 Å². The van der Waals surface area contributed by atoms with Crippen LogP contribution in [0.3, 0.4) is 0 Å². The third kappa shape index (κ3) is 4.36. The molecule has 8 heteroatoms. The van der Waals surface area contributed by atoms with Crippen molar-refractivity contribution in [1.29, 1.82) is 0 Å². The van der Waals surface area contributed by atoms with Crippen molar-refractivity contribution in [2.24, 2.45) is 0 Å². The number of nitrogens with two attached hydrogens (primary N) is 1. The van der Waals surface area contributed by atoms with Crippen LogP contribution in [0, 0.1) is 0 Å². The van der Waals surface area contributed by atoms with Crippen molar-refractivity contribution >= 4 is 17.9 Å². The smallest absolute Gasteiger partial charge is 0.407 e. The largest absolute Gasteiger partial charge is 0.445 e. The van der Waals surface area contributed by atoms with Crippen LogP contribution in [0.4, 0.5) is 16.6 Å². The highest BCUT2D eigenvalue weighted by molar-refractivity contribution is 5.68. The Morgan fingerprint density at radius 3 is 2.84 bits per heavy atom. The monoisotopic (exact) mass is 343 g/mol. The number of nitrogen functional groups attached to an aromatic ring is 1. The van der Waals surface area contributed by atoms with Crippen molar-refractivity contribution in [3.8, 4) is 0 Å². The minimum Gasteiger partial charge on any atom is -0.445 e. The Labute approximate surface area is 146 Å². The Morgan fingerprint density at radius 2 is 2.12 bits per heavy atom. The van der Waals surface area contributed by atoms with Gasteiger partial charge in [-0.15, -0.1) is 0 Å². The van der Waals surface area contributed by atoms with Crippen LogP contribution in [0.15, 0.2) is 42.6 Å². The minimum atomic E-state index is -0.472. The Morgan fingerprint density at radius 1 is 1.32 bits per heavy atom. The molecule has 25 heavy (non-hydrogen) atoms. The van der Waals surface area contributed by atoms with E-state index in [4.69, 9.17) is 15.2 Å². The van der Waals surface area contributed by atoms with E-state index in [9.17, 15) is 4.79 Å². The summed E-state index contributed by atoms with van der Waals surface area (Å²) in [6, 6.07) is 11.1. The molecule has 3 N–H and O–H groups in total. The fraction of sp³-hybridized carbons (Fsp3) is 0.353. The molecule has 0 saturated carbocycles. The van der Waals surface area contributed by atoms with Gasteiger partial charge >= 0.3 is 6.09 Å². The molecule has 2 atom stereocenters. The van der Waals surface area contributed by atoms with Crippen LogP contribution in [0.5, 0.6) is 0 Å². The number of alkyl carbamates (subject to hydrolysis) is 1. The number of nitrogens with zero attached hydrogens (tertiary/aromatic N) is 3. The normalized spacial score (nSPS) is 19.6. The van der Waals surface area contributed by atoms with Gasteiger partial charge in [0.15, 0.2) is 0 Å². The van der Waals surface area contributed by atoms with Gasteiger partial charge in [0.1, 0.15) is 12.4 Å². The number of ether oxygens (including phenoxy) is 2. The van der Waals surface area contributed by atoms with Crippen LogP contribution in [0.2, 0.25) is 0 Å². The van der Waals surface area contributed by atoms with Crippen LogP contribution in [-0.4, -0.2) is 48.4 Å². The van der Waals surface area contributed by atoms with Gasteiger partial charge in [0, 0.05) is 26.4 Å². The molecule has 0 radical (unpaired) electrons. The number of benzene rings is 1.